The van der Waals surface area contributed by atoms with Crippen molar-refractivity contribution < 1.29 is 19.3 Å². The first-order chi connectivity index (χ1) is 7.51. The molecule has 1 aromatic rings. The summed E-state index contributed by atoms with van der Waals surface area (Å²) in [7, 11) is 1.38. The topological polar surface area (TPSA) is 75.7 Å². The minimum atomic E-state index is -1.35. The number of ether oxygens (including phenoxy) is 1. The molecule has 0 fully saturated rings. The molecule has 1 rings (SSSR count). The molecule has 0 aliphatic heterocycles. The Labute approximate surface area is 98.3 Å². The highest BCUT2D eigenvalue weighted by Gasteiger charge is 2.22. The third kappa shape index (κ3) is 2.58. The van der Waals surface area contributed by atoms with Gasteiger partial charge in [-0.25, -0.2) is 4.39 Å². The number of benzene rings is 1. The summed E-state index contributed by atoms with van der Waals surface area (Å²) in [6.45, 7) is 0. The van der Waals surface area contributed by atoms with E-state index in [4.69, 9.17) is 10.5 Å². The summed E-state index contributed by atoms with van der Waals surface area (Å²) in [5.41, 5.74) is 5.56. The number of rotatable bonds is 4. The lowest BCUT2D eigenvalue weighted by atomic mass is 10.0. The lowest BCUT2D eigenvalue weighted by Crippen LogP contribution is -2.21. The van der Waals surface area contributed by atoms with Gasteiger partial charge in [0.15, 0.2) is 0 Å². The second-order valence-electron chi connectivity index (χ2n) is 3.31. The average Bonchev–Trinajstić information content (AvgIpc) is 2.27. The molecule has 90 valence electrons. The van der Waals surface area contributed by atoms with E-state index < -0.39 is 18.0 Å². The molecular formula is C10H14FNO3S. The highest BCUT2D eigenvalue weighted by molar-refractivity contribution is 7.80. The van der Waals surface area contributed by atoms with Gasteiger partial charge in [-0.1, -0.05) is 0 Å². The molecular weight excluding hydrogens is 233 g/mol. The number of hydrogen-bond acceptors (Lipinski definition) is 5. The van der Waals surface area contributed by atoms with Crippen LogP contribution in [0.4, 0.5) is 10.1 Å². The summed E-state index contributed by atoms with van der Waals surface area (Å²) >= 11 is 3.82. The monoisotopic (exact) mass is 247 g/mol. The van der Waals surface area contributed by atoms with Gasteiger partial charge in [0.2, 0.25) is 0 Å². The normalized spacial score (nSPS) is 14.6. The molecule has 16 heavy (non-hydrogen) atoms. The molecule has 2 atom stereocenters. The number of aliphatic hydroxyl groups is 2. The number of methoxy groups -OCH3 is 1. The van der Waals surface area contributed by atoms with Crippen molar-refractivity contribution in [3.05, 3.63) is 23.5 Å². The Morgan fingerprint density at radius 1 is 1.50 bits per heavy atom. The molecule has 2 unspecified atom stereocenters. The number of nitrogens with two attached hydrogens (primary N) is 1. The Hall–Kier alpha value is -0.980. The maximum atomic E-state index is 13.5. The van der Waals surface area contributed by atoms with E-state index in [9.17, 15) is 14.6 Å². The zero-order valence-electron chi connectivity index (χ0n) is 8.72. The maximum absolute atomic E-state index is 13.5. The fraction of sp³-hybridized carbons (Fsp3) is 0.400. The van der Waals surface area contributed by atoms with E-state index in [1.54, 1.807) is 0 Å². The van der Waals surface area contributed by atoms with Crippen molar-refractivity contribution in [3.8, 4) is 5.75 Å². The van der Waals surface area contributed by atoms with Gasteiger partial charge in [-0.2, -0.15) is 12.6 Å². The number of anilines is 1. The number of nitrogen functional groups attached to an aromatic ring is 1. The molecule has 0 aromatic heterocycles. The van der Waals surface area contributed by atoms with Gasteiger partial charge in [-0.3, -0.25) is 0 Å². The molecule has 0 amide bonds. The van der Waals surface area contributed by atoms with Crippen LogP contribution in [0.1, 0.15) is 11.7 Å². The van der Waals surface area contributed by atoms with Gasteiger partial charge in [-0.15, -0.1) is 0 Å². The summed E-state index contributed by atoms with van der Waals surface area (Å²) in [4.78, 5) is 0. The van der Waals surface area contributed by atoms with E-state index in [-0.39, 0.29) is 22.8 Å². The van der Waals surface area contributed by atoms with E-state index in [0.717, 1.165) is 6.07 Å². The molecule has 0 aliphatic rings. The number of halogens is 1. The summed E-state index contributed by atoms with van der Waals surface area (Å²) < 4.78 is 18.4. The van der Waals surface area contributed by atoms with E-state index in [2.05, 4.69) is 12.6 Å². The van der Waals surface area contributed by atoms with E-state index in [1.807, 2.05) is 0 Å². The van der Waals surface area contributed by atoms with Crippen LogP contribution in [-0.2, 0) is 0 Å². The van der Waals surface area contributed by atoms with E-state index in [0.29, 0.717) is 0 Å². The first-order valence-corrected chi connectivity index (χ1v) is 5.24. The minimum absolute atomic E-state index is 0.0211. The first-order valence-electron chi connectivity index (χ1n) is 4.61. The highest BCUT2D eigenvalue weighted by Crippen LogP contribution is 2.30. The zero-order valence-corrected chi connectivity index (χ0v) is 9.62. The van der Waals surface area contributed by atoms with Crippen LogP contribution in [0.15, 0.2) is 12.1 Å². The van der Waals surface area contributed by atoms with Gasteiger partial charge in [0, 0.05) is 17.4 Å². The van der Waals surface area contributed by atoms with Crippen LogP contribution >= 0.6 is 12.6 Å². The maximum Gasteiger partial charge on any atom is 0.142 e. The predicted octanol–water partition coefficient (Wildman–Crippen LogP) is 0.741. The van der Waals surface area contributed by atoms with Crippen molar-refractivity contribution in [3.63, 3.8) is 0 Å². The van der Waals surface area contributed by atoms with Crippen LogP contribution in [0.2, 0.25) is 0 Å². The van der Waals surface area contributed by atoms with Crippen molar-refractivity contribution in [1.82, 2.24) is 0 Å². The SMILES string of the molecule is COc1cc(C(O)C(O)CS)c(F)cc1N. The average molecular weight is 247 g/mol. The number of thiol groups is 1. The van der Waals surface area contributed by atoms with E-state index >= 15 is 0 Å². The Morgan fingerprint density at radius 3 is 2.62 bits per heavy atom. The molecule has 1 aromatic carbocycles. The number of aliphatic hydroxyl groups excluding tert-OH is 2. The number of hydrogen-bond donors (Lipinski definition) is 4. The standard InChI is InChI=1S/C10H14FNO3S/c1-15-9-2-5(6(11)3-7(9)12)10(14)8(13)4-16/h2-3,8,10,13-14,16H,4,12H2,1H3. The third-order valence-electron chi connectivity index (χ3n) is 2.22. The van der Waals surface area contributed by atoms with Crippen molar-refractivity contribution >= 4 is 18.3 Å². The Bertz CT molecular complexity index is 375. The van der Waals surface area contributed by atoms with Crippen LogP contribution < -0.4 is 10.5 Å². The van der Waals surface area contributed by atoms with Gasteiger partial charge in [0.1, 0.15) is 17.7 Å². The summed E-state index contributed by atoms with van der Waals surface area (Å²) in [6.07, 6.45) is -2.50. The van der Waals surface area contributed by atoms with Crippen molar-refractivity contribution in [2.24, 2.45) is 0 Å². The lowest BCUT2D eigenvalue weighted by Gasteiger charge is -2.18. The van der Waals surface area contributed by atoms with Gasteiger partial charge < -0.3 is 20.7 Å². The predicted molar refractivity (Wildman–Crippen MR) is 62.2 cm³/mol. The van der Waals surface area contributed by atoms with Crippen molar-refractivity contribution in [2.45, 2.75) is 12.2 Å². The fourth-order valence-electron chi connectivity index (χ4n) is 1.30. The highest BCUT2D eigenvalue weighted by atomic mass is 32.1. The Kier molecular flexibility index (Phi) is 4.40. The van der Waals surface area contributed by atoms with Gasteiger partial charge in [0.05, 0.1) is 18.9 Å². The quantitative estimate of drug-likeness (QED) is 0.467. The van der Waals surface area contributed by atoms with Crippen molar-refractivity contribution in [1.29, 1.82) is 0 Å². The molecule has 0 saturated heterocycles. The molecule has 4 N–H and O–H groups in total. The minimum Gasteiger partial charge on any atom is -0.495 e. The molecule has 0 saturated carbocycles. The third-order valence-corrected chi connectivity index (χ3v) is 2.59. The van der Waals surface area contributed by atoms with Crippen LogP contribution in [0.25, 0.3) is 0 Å². The molecule has 6 heteroatoms. The lowest BCUT2D eigenvalue weighted by molar-refractivity contribution is 0.0314. The largest absolute Gasteiger partial charge is 0.495 e. The second-order valence-corrected chi connectivity index (χ2v) is 3.68. The Balaban J connectivity index is 3.13. The van der Waals surface area contributed by atoms with Crippen LogP contribution in [0.5, 0.6) is 5.75 Å². The molecule has 0 heterocycles. The van der Waals surface area contributed by atoms with Crippen LogP contribution in [-0.4, -0.2) is 29.2 Å². The van der Waals surface area contributed by atoms with Crippen molar-refractivity contribution in [2.75, 3.05) is 18.6 Å². The second kappa shape index (κ2) is 5.38. The molecule has 0 spiro atoms. The van der Waals surface area contributed by atoms with Gasteiger partial charge in [0.25, 0.3) is 0 Å². The molecule has 0 radical (unpaired) electrons. The first kappa shape index (κ1) is 13.1. The molecule has 0 aliphatic carbocycles. The van der Waals surface area contributed by atoms with Gasteiger partial charge >= 0.3 is 0 Å². The van der Waals surface area contributed by atoms with Crippen LogP contribution in [0, 0.1) is 5.82 Å². The molecule has 0 bridgehead atoms. The van der Waals surface area contributed by atoms with E-state index in [1.165, 1.54) is 13.2 Å². The fourth-order valence-corrected chi connectivity index (χ4v) is 1.49. The summed E-state index contributed by atoms with van der Waals surface area (Å²) in [5.74, 6) is -0.415. The summed E-state index contributed by atoms with van der Waals surface area (Å²) in [5, 5.41) is 19.0. The molecule has 4 nitrogen and oxygen atoms in total. The smallest absolute Gasteiger partial charge is 0.142 e. The summed E-state index contributed by atoms with van der Waals surface area (Å²) in [6, 6.07) is 2.31. The van der Waals surface area contributed by atoms with Gasteiger partial charge in [-0.05, 0) is 6.07 Å². The Morgan fingerprint density at radius 2 is 2.12 bits per heavy atom. The van der Waals surface area contributed by atoms with Crippen LogP contribution in [0.3, 0.4) is 0 Å². The zero-order chi connectivity index (χ0) is 12.3.